The van der Waals surface area contributed by atoms with Crippen LogP contribution in [0.4, 0.5) is 10.1 Å². The van der Waals surface area contributed by atoms with Crippen LogP contribution < -0.4 is 5.32 Å². The van der Waals surface area contributed by atoms with E-state index in [1.165, 1.54) is 5.56 Å². The zero-order valence-corrected chi connectivity index (χ0v) is 34.1. The average molecular weight is 830 g/mol. The molecule has 34 rings (SSSR count). The molecular weight excluding hydrogens is 826 g/mol. The van der Waals surface area contributed by atoms with Crippen molar-refractivity contribution in [1.29, 1.82) is 0 Å². The zero-order valence-electron chi connectivity index (χ0n) is 34.1. The second kappa shape index (κ2) is 5.31. The lowest BCUT2D eigenvalue weighted by Gasteiger charge is -2.50. The predicted octanol–water partition coefficient (Wildman–Crippen LogP) is 17.9. The van der Waals surface area contributed by atoms with Crippen molar-refractivity contribution in [2.75, 3.05) is 5.32 Å². The van der Waals surface area contributed by atoms with Crippen molar-refractivity contribution >= 4 is 297 Å². The fraction of sp³-hybridized carbons (Fsp3) is 0.0303. The fourth-order valence-electron chi connectivity index (χ4n) is 25.1. The molecule has 0 bridgehead atoms. The van der Waals surface area contributed by atoms with Gasteiger partial charge in [-0.3, -0.25) is 0 Å². The molecule has 1 nitrogen and oxygen atoms in total. The molecule has 280 valence electrons. The van der Waals surface area contributed by atoms with Gasteiger partial charge in [0.1, 0.15) is 11.4 Å². The lowest BCUT2D eigenvalue weighted by molar-refractivity contribution is 0.452. The summed E-state index contributed by atoms with van der Waals surface area (Å²) in [4.78, 5) is 0. The first-order chi connectivity index (χ1) is 33.8. The van der Waals surface area contributed by atoms with Crippen LogP contribution >= 0.6 is 0 Å². The molecule has 4 aliphatic carbocycles. The molecule has 5 aliphatic rings. The summed E-state index contributed by atoms with van der Waals surface area (Å²) in [5.74, 6) is -0.111. The van der Waals surface area contributed by atoms with E-state index in [-0.39, 0.29) is 5.82 Å². The average Bonchev–Trinajstić information content (AvgIpc) is 4.23. The number of rotatable bonds is 0. The fourth-order valence-corrected chi connectivity index (χ4v) is 25.1. The van der Waals surface area contributed by atoms with Crippen molar-refractivity contribution in [2.24, 2.45) is 0 Å². The van der Waals surface area contributed by atoms with Gasteiger partial charge in [0.25, 0.3) is 0 Å². The summed E-state index contributed by atoms with van der Waals surface area (Å²) in [7, 11) is 0. The Balaban J connectivity index is 1.23. The highest BCUT2D eigenvalue weighted by molar-refractivity contribution is 6.82. The van der Waals surface area contributed by atoms with E-state index in [0.717, 1.165) is 5.69 Å². The molecule has 29 aromatic carbocycles. The molecule has 0 saturated heterocycles. The van der Waals surface area contributed by atoms with Crippen LogP contribution in [0.3, 0.4) is 0 Å². The molecule has 0 atom stereocenters. The van der Waals surface area contributed by atoms with Gasteiger partial charge in [-0.2, -0.15) is 0 Å². The van der Waals surface area contributed by atoms with Crippen molar-refractivity contribution in [3.8, 4) is 0 Å². The van der Waals surface area contributed by atoms with Crippen molar-refractivity contribution in [3.05, 3.63) is 51.8 Å². The Morgan fingerprint density at radius 2 is 0.426 bits per heavy atom. The van der Waals surface area contributed by atoms with Gasteiger partial charge in [-0.1, -0.05) is 0 Å². The van der Waals surface area contributed by atoms with E-state index in [4.69, 9.17) is 0 Å². The maximum atomic E-state index is 16.9. The maximum absolute atomic E-state index is 16.9. The van der Waals surface area contributed by atoms with E-state index in [0.29, 0.717) is 0 Å². The molecular formula is C66H4FN. The van der Waals surface area contributed by atoms with Gasteiger partial charge in [0.2, 0.25) is 0 Å². The van der Waals surface area contributed by atoms with Crippen molar-refractivity contribution in [1.82, 2.24) is 0 Å². The number of nitrogens with one attached hydrogen (secondary N) is 1. The molecule has 0 unspecified atom stereocenters. The van der Waals surface area contributed by atoms with Crippen LogP contribution in [0, 0.1) is 5.82 Å². The third kappa shape index (κ3) is 1.21. The summed E-state index contributed by atoms with van der Waals surface area (Å²) in [6.45, 7) is 0. The van der Waals surface area contributed by atoms with E-state index >= 15 is 4.39 Å². The van der Waals surface area contributed by atoms with Crippen molar-refractivity contribution in [2.45, 2.75) is 11.0 Å². The number of hydrogen-bond donors (Lipinski definition) is 1. The van der Waals surface area contributed by atoms with Crippen LogP contribution in [0.1, 0.15) is 27.8 Å². The van der Waals surface area contributed by atoms with E-state index < -0.39 is 11.0 Å². The Morgan fingerprint density at radius 1 is 0.235 bits per heavy atom. The lowest BCUT2D eigenvalue weighted by Crippen LogP contribution is -2.53. The largest absolute Gasteiger partial charge is 0.370 e. The summed E-state index contributed by atoms with van der Waals surface area (Å²) in [6, 6.07) is 5.93. The molecule has 1 heterocycles. The monoisotopic (exact) mass is 829 g/mol. The van der Waals surface area contributed by atoms with Crippen LogP contribution in [0.15, 0.2) is 18.2 Å². The molecule has 0 aromatic heterocycles. The van der Waals surface area contributed by atoms with Gasteiger partial charge in [0, 0.05) is 16.8 Å². The number of halogens is 1. The van der Waals surface area contributed by atoms with E-state index in [9.17, 15) is 0 Å². The minimum absolute atomic E-state index is 0.111. The highest BCUT2D eigenvalue weighted by Gasteiger charge is 2.73. The van der Waals surface area contributed by atoms with Crippen LogP contribution in [0.5, 0.6) is 0 Å². The third-order valence-corrected chi connectivity index (χ3v) is 25.0. The number of hydrogen-bond acceptors (Lipinski definition) is 1. The Hall–Kier alpha value is -8.59. The van der Waals surface area contributed by atoms with Crippen LogP contribution in [-0.4, -0.2) is 0 Å². The van der Waals surface area contributed by atoms with Gasteiger partial charge in [-0.15, -0.1) is 0 Å². The van der Waals surface area contributed by atoms with Gasteiger partial charge >= 0.3 is 0 Å². The third-order valence-electron chi connectivity index (χ3n) is 25.0. The Morgan fingerprint density at radius 3 is 0.647 bits per heavy atom. The summed E-state index contributed by atoms with van der Waals surface area (Å²) in [5.41, 5.74) is 7.29. The molecule has 0 amide bonds. The molecule has 68 heavy (non-hydrogen) atoms. The topological polar surface area (TPSA) is 12.0 Å². The van der Waals surface area contributed by atoms with Crippen molar-refractivity contribution < 1.29 is 4.39 Å². The van der Waals surface area contributed by atoms with E-state index in [2.05, 4.69) is 11.4 Å². The first-order valence-electron chi connectivity index (χ1n) is 25.2. The van der Waals surface area contributed by atoms with Crippen LogP contribution in [0.25, 0.3) is 291 Å². The molecule has 1 N–H and O–H groups in total. The van der Waals surface area contributed by atoms with Gasteiger partial charge in [-0.05, 0) is 326 Å². The Kier molecular flexibility index (Phi) is 1.89. The molecule has 0 radical (unpaired) electrons. The second-order valence-corrected chi connectivity index (χ2v) is 25.1. The summed E-state index contributed by atoms with van der Waals surface area (Å²) >= 11 is 0. The van der Waals surface area contributed by atoms with Gasteiger partial charge in [0.15, 0.2) is 0 Å². The minimum atomic E-state index is -0.629. The first-order valence-corrected chi connectivity index (χ1v) is 25.2. The standard InChI is InChI=1S/C66H4FN/c67-4-1-2-6-5(3-4)65-61-53-45-35-25-17-9-7-8-11-15-13(9)21-29-23(15)33-27-19(11)20-12(8)16-14-10(7)18(17)26-32-22(14)30-24(16)34-28(20)38-37(27)49-43(33)51-41(29)47(39(45)31(21)25)55(61)57(51)63-59(49)60-50(38)44(34)52-42(30)48-40(32)46(36(26)35)54(53)62(65)56(48)58(52)64(60)66(63,65)68-6/h1-3,68H. The Bertz CT molecular complexity index is 7190. The summed E-state index contributed by atoms with van der Waals surface area (Å²) in [5, 5.41) is 90.6. The number of benzene rings is 19. The number of fused-ring (bicyclic) bond motifs is 1. The zero-order chi connectivity index (χ0) is 40.0. The maximum Gasteiger partial charge on any atom is 0.123 e. The quantitative estimate of drug-likeness (QED) is 0.150. The van der Waals surface area contributed by atoms with Crippen molar-refractivity contribution in [3.63, 3.8) is 0 Å². The number of anilines is 1. The highest BCUT2D eigenvalue weighted by Crippen LogP contribution is 2.86. The molecule has 2 spiro atoms. The molecule has 2 heteroatoms. The Labute approximate surface area is 367 Å². The summed E-state index contributed by atoms with van der Waals surface area (Å²) in [6.07, 6.45) is 0. The first kappa shape index (κ1) is 24.3. The normalized spacial score (nSPS) is 22.4. The molecule has 1 aliphatic heterocycles. The van der Waals surface area contributed by atoms with Gasteiger partial charge in [0.05, 0.1) is 5.41 Å². The molecule has 29 aromatic rings. The predicted molar refractivity (Wildman–Crippen MR) is 283 cm³/mol. The molecule has 0 saturated carbocycles. The van der Waals surface area contributed by atoms with E-state index in [1.807, 2.05) is 6.07 Å². The summed E-state index contributed by atoms with van der Waals surface area (Å²) < 4.78 is 16.9. The highest BCUT2D eigenvalue weighted by atomic mass is 19.1. The van der Waals surface area contributed by atoms with E-state index in [1.54, 1.807) is 319 Å². The SMILES string of the molecule is Fc1ccc2c(c1)C13c4c5c6c7c8c9c(c%10c%11c1c1c4c4c%12c5c5c6c6c8c8c%13c9c9c%10c%10c%11c%11c1c1c4c4c%12c%12c5c5c6c8c6c8c%13c9c9c%10c%10c%11c1c1c4c4c%12c5c6c5c8c9c%10c1c45)C73N2. The van der Waals surface area contributed by atoms with Crippen LogP contribution in [-0.2, 0) is 11.0 Å². The molecule has 0 fully saturated rings. The second-order valence-electron chi connectivity index (χ2n) is 25.1. The lowest BCUT2D eigenvalue weighted by atomic mass is 9.52. The smallest absolute Gasteiger partial charge is 0.123 e. The van der Waals surface area contributed by atoms with Gasteiger partial charge < -0.3 is 5.32 Å². The van der Waals surface area contributed by atoms with Crippen LogP contribution in [0.2, 0.25) is 0 Å². The van der Waals surface area contributed by atoms with Gasteiger partial charge in [-0.25, -0.2) is 4.39 Å². The minimum Gasteiger partial charge on any atom is -0.370 e.